The van der Waals surface area contributed by atoms with Gasteiger partial charge in [0.1, 0.15) is 0 Å². The molecule has 2 aliphatic rings. The second-order valence-electron chi connectivity index (χ2n) is 6.47. The number of aryl methyl sites for hydroxylation is 1. The van der Waals surface area contributed by atoms with Gasteiger partial charge < -0.3 is 5.11 Å². The molecule has 1 aromatic carbocycles. The van der Waals surface area contributed by atoms with Gasteiger partial charge in [0, 0.05) is 6.61 Å². The molecule has 4 atom stereocenters. The van der Waals surface area contributed by atoms with Crippen molar-refractivity contribution in [3.63, 3.8) is 0 Å². The summed E-state index contributed by atoms with van der Waals surface area (Å²) in [5.41, 5.74) is 2.71. The van der Waals surface area contributed by atoms with Crippen LogP contribution in [0.3, 0.4) is 0 Å². The van der Waals surface area contributed by atoms with Crippen LogP contribution in [-0.2, 0) is 6.42 Å². The van der Waals surface area contributed by atoms with E-state index in [0.29, 0.717) is 12.5 Å². The van der Waals surface area contributed by atoms with Crippen LogP contribution in [0.2, 0.25) is 0 Å². The molecular formula is C17H24O. The topological polar surface area (TPSA) is 20.2 Å². The van der Waals surface area contributed by atoms with Crippen molar-refractivity contribution >= 4 is 0 Å². The Kier molecular flexibility index (Phi) is 3.43. The summed E-state index contributed by atoms with van der Waals surface area (Å²) < 4.78 is 0. The Morgan fingerprint density at radius 1 is 1.17 bits per heavy atom. The van der Waals surface area contributed by atoms with Gasteiger partial charge in [0.2, 0.25) is 0 Å². The van der Waals surface area contributed by atoms with E-state index in [0.717, 1.165) is 24.2 Å². The van der Waals surface area contributed by atoms with Gasteiger partial charge in [0.25, 0.3) is 0 Å². The molecule has 2 saturated carbocycles. The number of hydrogen-bond acceptors (Lipinski definition) is 1. The van der Waals surface area contributed by atoms with E-state index in [-0.39, 0.29) is 0 Å². The van der Waals surface area contributed by atoms with Crippen LogP contribution >= 0.6 is 0 Å². The lowest BCUT2D eigenvalue weighted by Gasteiger charge is -2.29. The first kappa shape index (κ1) is 12.2. The van der Waals surface area contributed by atoms with Crippen LogP contribution in [0.25, 0.3) is 0 Å². The zero-order chi connectivity index (χ0) is 12.5. The van der Waals surface area contributed by atoms with Crippen LogP contribution in [0, 0.1) is 30.6 Å². The molecule has 0 saturated heterocycles. The number of hydrogen-bond donors (Lipinski definition) is 1. The fourth-order valence-corrected chi connectivity index (χ4v) is 4.25. The zero-order valence-corrected chi connectivity index (χ0v) is 11.3. The lowest BCUT2D eigenvalue weighted by molar-refractivity contribution is 0.136. The molecule has 0 amide bonds. The normalized spacial score (nSPS) is 31.8. The molecule has 0 spiro atoms. The smallest absolute Gasteiger partial charge is 0.0465 e. The molecule has 1 nitrogen and oxygen atoms in total. The average Bonchev–Trinajstić information content (AvgIpc) is 3.00. The van der Waals surface area contributed by atoms with E-state index in [1.54, 1.807) is 0 Å². The molecule has 2 bridgehead atoms. The molecule has 3 rings (SSSR count). The Labute approximate surface area is 110 Å². The predicted octanol–water partition coefficient (Wildman–Crippen LogP) is 3.58. The van der Waals surface area contributed by atoms with Crippen molar-refractivity contribution in [1.82, 2.24) is 0 Å². The number of fused-ring (bicyclic) bond motifs is 2. The first-order valence-electron chi connectivity index (χ1n) is 7.42. The average molecular weight is 244 g/mol. The third-order valence-corrected chi connectivity index (χ3v) is 5.25. The standard InChI is InChI=1S/C17H24O/c1-12-2-4-13(5-3-12)8-16(11-18)17-10-14-6-7-15(17)9-14/h2-5,14-18H,6-11H2,1H3. The second kappa shape index (κ2) is 5.05. The maximum Gasteiger partial charge on any atom is 0.0465 e. The molecule has 98 valence electrons. The summed E-state index contributed by atoms with van der Waals surface area (Å²) in [7, 11) is 0. The van der Waals surface area contributed by atoms with Gasteiger partial charge in [-0.1, -0.05) is 36.2 Å². The fraction of sp³-hybridized carbons (Fsp3) is 0.647. The SMILES string of the molecule is Cc1ccc(CC(CO)C2CC3CCC2C3)cc1. The minimum absolute atomic E-state index is 0.363. The number of aliphatic hydroxyl groups excluding tert-OH is 1. The number of rotatable bonds is 4. The van der Waals surface area contributed by atoms with E-state index >= 15 is 0 Å². The van der Waals surface area contributed by atoms with E-state index in [4.69, 9.17) is 0 Å². The molecule has 0 heterocycles. The van der Waals surface area contributed by atoms with Crippen molar-refractivity contribution in [2.45, 2.75) is 39.0 Å². The van der Waals surface area contributed by atoms with Gasteiger partial charge in [-0.25, -0.2) is 0 Å². The first-order chi connectivity index (χ1) is 8.76. The molecular weight excluding hydrogens is 220 g/mol. The molecule has 1 aromatic rings. The van der Waals surface area contributed by atoms with Crippen LogP contribution < -0.4 is 0 Å². The summed E-state index contributed by atoms with van der Waals surface area (Å²) in [6, 6.07) is 8.82. The third kappa shape index (κ3) is 2.33. The molecule has 0 aliphatic heterocycles. The quantitative estimate of drug-likeness (QED) is 0.858. The highest BCUT2D eigenvalue weighted by molar-refractivity contribution is 5.22. The molecule has 4 unspecified atom stereocenters. The number of aliphatic hydroxyl groups is 1. The van der Waals surface area contributed by atoms with Crippen molar-refractivity contribution in [3.8, 4) is 0 Å². The van der Waals surface area contributed by atoms with Crippen molar-refractivity contribution in [2.75, 3.05) is 6.61 Å². The Morgan fingerprint density at radius 2 is 1.94 bits per heavy atom. The van der Waals surface area contributed by atoms with E-state index in [1.807, 2.05) is 0 Å². The minimum Gasteiger partial charge on any atom is -0.396 e. The maximum absolute atomic E-state index is 9.73. The van der Waals surface area contributed by atoms with Crippen LogP contribution in [0.1, 0.15) is 36.8 Å². The van der Waals surface area contributed by atoms with Crippen LogP contribution in [0.5, 0.6) is 0 Å². The van der Waals surface area contributed by atoms with E-state index in [9.17, 15) is 5.11 Å². The molecule has 2 aliphatic carbocycles. The highest BCUT2D eigenvalue weighted by atomic mass is 16.3. The Morgan fingerprint density at radius 3 is 2.50 bits per heavy atom. The van der Waals surface area contributed by atoms with E-state index in [1.165, 1.54) is 36.8 Å². The van der Waals surface area contributed by atoms with Gasteiger partial charge in [-0.3, -0.25) is 0 Å². The summed E-state index contributed by atoms with van der Waals surface area (Å²) in [6.45, 7) is 2.49. The van der Waals surface area contributed by atoms with Crippen molar-refractivity contribution in [1.29, 1.82) is 0 Å². The summed E-state index contributed by atoms with van der Waals surface area (Å²) in [5, 5.41) is 9.73. The molecule has 0 radical (unpaired) electrons. The van der Waals surface area contributed by atoms with Gasteiger partial charge in [-0.15, -0.1) is 0 Å². The Balaban J connectivity index is 1.67. The summed E-state index contributed by atoms with van der Waals surface area (Å²) >= 11 is 0. The summed E-state index contributed by atoms with van der Waals surface area (Å²) in [6.07, 6.45) is 6.74. The van der Waals surface area contributed by atoms with Crippen molar-refractivity contribution in [3.05, 3.63) is 35.4 Å². The molecule has 18 heavy (non-hydrogen) atoms. The lowest BCUT2D eigenvalue weighted by atomic mass is 9.77. The van der Waals surface area contributed by atoms with Gasteiger partial charge in [0.05, 0.1) is 0 Å². The molecule has 1 N–H and O–H groups in total. The maximum atomic E-state index is 9.73. The zero-order valence-electron chi connectivity index (χ0n) is 11.3. The van der Waals surface area contributed by atoms with Gasteiger partial charge >= 0.3 is 0 Å². The van der Waals surface area contributed by atoms with Crippen LogP contribution in [-0.4, -0.2) is 11.7 Å². The van der Waals surface area contributed by atoms with Crippen molar-refractivity contribution < 1.29 is 5.11 Å². The van der Waals surface area contributed by atoms with Gasteiger partial charge in [-0.2, -0.15) is 0 Å². The van der Waals surface area contributed by atoms with Crippen LogP contribution in [0.15, 0.2) is 24.3 Å². The first-order valence-corrected chi connectivity index (χ1v) is 7.42. The predicted molar refractivity (Wildman–Crippen MR) is 74.4 cm³/mol. The monoisotopic (exact) mass is 244 g/mol. The van der Waals surface area contributed by atoms with Gasteiger partial charge in [-0.05, 0) is 61.8 Å². The third-order valence-electron chi connectivity index (χ3n) is 5.25. The van der Waals surface area contributed by atoms with Crippen LogP contribution in [0.4, 0.5) is 0 Å². The van der Waals surface area contributed by atoms with Gasteiger partial charge in [0.15, 0.2) is 0 Å². The molecule has 2 fully saturated rings. The molecule has 1 heteroatoms. The fourth-order valence-electron chi connectivity index (χ4n) is 4.25. The summed E-state index contributed by atoms with van der Waals surface area (Å²) in [4.78, 5) is 0. The highest BCUT2D eigenvalue weighted by Crippen LogP contribution is 2.51. The highest BCUT2D eigenvalue weighted by Gasteiger charge is 2.42. The largest absolute Gasteiger partial charge is 0.396 e. The Hall–Kier alpha value is -0.820. The van der Waals surface area contributed by atoms with E-state index in [2.05, 4.69) is 31.2 Å². The van der Waals surface area contributed by atoms with Crippen molar-refractivity contribution in [2.24, 2.45) is 23.7 Å². The Bertz CT molecular complexity index is 395. The molecule has 0 aromatic heterocycles. The van der Waals surface area contributed by atoms with E-state index < -0.39 is 0 Å². The lowest BCUT2D eigenvalue weighted by Crippen LogP contribution is -2.25. The second-order valence-corrected chi connectivity index (χ2v) is 6.47. The minimum atomic E-state index is 0.363. The summed E-state index contributed by atoms with van der Waals surface area (Å²) in [5.74, 6) is 3.17. The number of benzene rings is 1.